The van der Waals surface area contributed by atoms with Crippen LogP contribution < -0.4 is 10.6 Å². The molecular formula is C22H27N3O4. The number of amides is 2. The molecule has 0 radical (unpaired) electrons. The lowest BCUT2D eigenvalue weighted by molar-refractivity contribution is -0.385. The zero-order valence-corrected chi connectivity index (χ0v) is 17.2. The first-order chi connectivity index (χ1) is 13.7. The van der Waals surface area contributed by atoms with E-state index >= 15 is 0 Å². The first-order valence-electron chi connectivity index (χ1n) is 9.58. The molecule has 2 aromatic carbocycles. The Morgan fingerprint density at radius 3 is 2.28 bits per heavy atom. The van der Waals surface area contributed by atoms with Crippen LogP contribution in [-0.2, 0) is 11.2 Å². The number of benzene rings is 2. The maximum atomic E-state index is 12.2. The van der Waals surface area contributed by atoms with Crippen LogP contribution in [0.25, 0.3) is 0 Å². The normalized spacial score (nSPS) is 11.8. The number of hydrogen-bond acceptors (Lipinski definition) is 4. The van der Waals surface area contributed by atoms with Gasteiger partial charge in [-0.15, -0.1) is 0 Å². The minimum atomic E-state index is -0.499. The van der Waals surface area contributed by atoms with E-state index in [2.05, 4.69) is 36.6 Å². The third kappa shape index (κ3) is 6.41. The van der Waals surface area contributed by atoms with E-state index in [0.29, 0.717) is 11.5 Å². The molecule has 2 rings (SSSR count). The van der Waals surface area contributed by atoms with Gasteiger partial charge in [-0.1, -0.05) is 38.1 Å². The summed E-state index contributed by atoms with van der Waals surface area (Å²) >= 11 is 0. The van der Waals surface area contributed by atoms with Gasteiger partial charge in [0.25, 0.3) is 11.6 Å². The van der Waals surface area contributed by atoms with E-state index in [0.717, 1.165) is 12.0 Å². The number of rotatable bonds is 8. The number of carbonyl (C=O) groups excluding carboxylic acids is 2. The molecule has 0 bridgehead atoms. The Morgan fingerprint density at radius 1 is 1.07 bits per heavy atom. The molecule has 0 aliphatic heterocycles. The molecule has 0 aliphatic rings. The van der Waals surface area contributed by atoms with Gasteiger partial charge < -0.3 is 10.6 Å². The van der Waals surface area contributed by atoms with E-state index < -0.39 is 10.8 Å². The van der Waals surface area contributed by atoms with Crippen molar-refractivity contribution in [1.29, 1.82) is 0 Å². The highest BCUT2D eigenvalue weighted by Crippen LogP contribution is 2.19. The van der Waals surface area contributed by atoms with Gasteiger partial charge in [-0.2, -0.15) is 0 Å². The minimum absolute atomic E-state index is 0.0486. The quantitative estimate of drug-likeness (QED) is 0.524. The Morgan fingerprint density at radius 2 is 1.72 bits per heavy atom. The molecule has 7 heteroatoms. The summed E-state index contributed by atoms with van der Waals surface area (Å²) in [5.41, 5.74) is 2.86. The number of hydrogen-bond donors (Lipinski definition) is 2. The zero-order chi connectivity index (χ0) is 21.6. The Kier molecular flexibility index (Phi) is 7.47. The summed E-state index contributed by atoms with van der Waals surface area (Å²) in [6.45, 7) is 7.61. The Balaban J connectivity index is 1.88. The summed E-state index contributed by atoms with van der Waals surface area (Å²) in [4.78, 5) is 34.7. The van der Waals surface area contributed by atoms with Crippen molar-refractivity contribution < 1.29 is 14.5 Å². The van der Waals surface area contributed by atoms with Crippen LogP contribution in [0.1, 0.15) is 53.9 Å². The Labute approximate surface area is 170 Å². The SMILES string of the molecule is Cc1cc(C(=O)NCC(=O)NC(C)c2ccc(CC(C)C)cc2)ccc1[N+](=O)[O-]. The third-order valence-corrected chi connectivity index (χ3v) is 4.57. The smallest absolute Gasteiger partial charge is 0.272 e. The van der Waals surface area contributed by atoms with Gasteiger partial charge in [0.05, 0.1) is 17.5 Å². The molecule has 154 valence electrons. The fourth-order valence-electron chi connectivity index (χ4n) is 3.05. The molecule has 0 heterocycles. The second-order valence-electron chi connectivity index (χ2n) is 7.57. The first-order valence-corrected chi connectivity index (χ1v) is 9.58. The van der Waals surface area contributed by atoms with Gasteiger partial charge in [-0.05, 0) is 49.4 Å². The first kappa shape index (κ1) is 22.1. The largest absolute Gasteiger partial charge is 0.348 e. The summed E-state index contributed by atoms with van der Waals surface area (Å²) in [6, 6.07) is 12.0. The molecule has 2 aromatic rings. The zero-order valence-electron chi connectivity index (χ0n) is 17.2. The molecule has 0 saturated carbocycles. The highest BCUT2D eigenvalue weighted by molar-refractivity contribution is 5.96. The number of nitrogens with zero attached hydrogens (tertiary/aromatic N) is 1. The van der Waals surface area contributed by atoms with Gasteiger partial charge in [0.15, 0.2) is 0 Å². The lowest BCUT2D eigenvalue weighted by atomic mass is 10.00. The molecule has 1 unspecified atom stereocenters. The van der Waals surface area contributed by atoms with Gasteiger partial charge in [0, 0.05) is 17.2 Å². The predicted molar refractivity (Wildman–Crippen MR) is 112 cm³/mol. The summed E-state index contributed by atoms with van der Waals surface area (Å²) in [5, 5.41) is 16.3. The lowest BCUT2D eigenvalue weighted by Gasteiger charge is -2.15. The standard InChI is InChI=1S/C22H27N3O4/c1-14(2)11-17-5-7-18(8-6-17)16(4)24-21(26)13-23-22(27)19-9-10-20(25(28)29)15(3)12-19/h5-10,12,14,16H,11,13H2,1-4H3,(H,23,27)(H,24,26). The molecule has 2 amide bonds. The topological polar surface area (TPSA) is 101 Å². The minimum Gasteiger partial charge on any atom is -0.348 e. The van der Waals surface area contributed by atoms with Crippen molar-refractivity contribution >= 4 is 17.5 Å². The molecule has 0 aliphatic carbocycles. The predicted octanol–water partition coefficient (Wildman–Crippen LogP) is 3.71. The van der Waals surface area contributed by atoms with Crippen molar-refractivity contribution in [3.05, 3.63) is 74.8 Å². The van der Waals surface area contributed by atoms with E-state index in [4.69, 9.17) is 0 Å². The number of nitro benzene ring substituents is 1. The highest BCUT2D eigenvalue weighted by Gasteiger charge is 2.15. The van der Waals surface area contributed by atoms with Gasteiger partial charge in [0.2, 0.25) is 5.91 Å². The van der Waals surface area contributed by atoms with Gasteiger partial charge >= 0.3 is 0 Å². The Hall–Kier alpha value is -3.22. The summed E-state index contributed by atoms with van der Waals surface area (Å²) in [5.74, 6) is -0.180. The van der Waals surface area contributed by atoms with Crippen molar-refractivity contribution in [2.24, 2.45) is 5.92 Å². The number of carbonyl (C=O) groups is 2. The van der Waals surface area contributed by atoms with Gasteiger partial charge in [-0.25, -0.2) is 0 Å². The molecular weight excluding hydrogens is 370 g/mol. The van der Waals surface area contributed by atoms with Crippen LogP contribution in [0, 0.1) is 23.0 Å². The van der Waals surface area contributed by atoms with Crippen LogP contribution in [0.15, 0.2) is 42.5 Å². The fraction of sp³-hybridized carbons (Fsp3) is 0.364. The molecule has 0 fully saturated rings. The van der Waals surface area contributed by atoms with E-state index in [1.54, 1.807) is 6.92 Å². The second kappa shape index (κ2) is 9.82. The molecule has 0 aromatic heterocycles. The maximum absolute atomic E-state index is 12.2. The van der Waals surface area contributed by atoms with Crippen molar-refractivity contribution in [1.82, 2.24) is 10.6 Å². The van der Waals surface area contributed by atoms with E-state index in [9.17, 15) is 19.7 Å². The van der Waals surface area contributed by atoms with Crippen LogP contribution in [-0.4, -0.2) is 23.3 Å². The third-order valence-electron chi connectivity index (χ3n) is 4.57. The van der Waals surface area contributed by atoms with E-state index in [1.165, 1.54) is 23.8 Å². The molecule has 1 atom stereocenters. The van der Waals surface area contributed by atoms with Crippen molar-refractivity contribution in [3.63, 3.8) is 0 Å². The number of aryl methyl sites for hydroxylation is 1. The van der Waals surface area contributed by atoms with Crippen LogP contribution in [0.5, 0.6) is 0 Å². The average Bonchev–Trinajstić information content (AvgIpc) is 2.65. The van der Waals surface area contributed by atoms with Crippen LogP contribution in [0.4, 0.5) is 5.69 Å². The molecule has 7 nitrogen and oxygen atoms in total. The van der Waals surface area contributed by atoms with Gasteiger partial charge in [-0.3, -0.25) is 19.7 Å². The highest BCUT2D eigenvalue weighted by atomic mass is 16.6. The van der Waals surface area contributed by atoms with Gasteiger partial charge in [0.1, 0.15) is 0 Å². The summed E-state index contributed by atoms with van der Waals surface area (Å²) < 4.78 is 0. The summed E-state index contributed by atoms with van der Waals surface area (Å²) in [7, 11) is 0. The number of nitro groups is 1. The summed E-state index contributed by atoms with van der Waals surface area (Å²) in [6.07, 6.45) is 1.01. The second-order valence-corrected chi connectivity index (χ2v) is 7.57. The lowest BCUT2D eigenvalue weighted by Crippen LogP contribution is -2.38. The van der Waals surface area contributed by atoms with Crippen molar-refractivity contribution in [3.8, 4) is 0 Å². The van der Waals surface area contributed by atoms with Crippen LogP contribution in [0.3, 0.4) is 0 Å². The maximum Gasteiger partial charge on any atom is 0.272 e. The van der Waals surface area contributed by atoms with Crippen LogP contribution >= 0.6 is 0 Å². The van der Waals surface area contributed by atoms with E-state index in [1.807, 2.05) is 19.1 Å². The fourth-order valence-corrected chi connectivity index (χ4v) is 3.05. The molecule has 0 saturated heterocycles. The van der Waals surface area contributed by atoms with E-state index in [-0.39, 0.29) is 29.7 Å². The van der Waals surface area contributed by atoms with Crippen molar-refractivity contribution in [2.75, 3.05) is 6.54 Å². The molecule has 2 N–H and O–H groups in total. The number of nitrogens with one attached hydrogen (secondary N) is 2. The average molecular weight is 397 g/mol. The molecule has 29 heavy (non-hydrogen) atoms. The Bertz CT molecular complexity index is 891. The monoisotopic (exact) mass is 397 g/mol. The molecule has 0 spiro atoms. The van der Waals surface area contributed by atoms with Crippen molar-refractivity contribution in [2.45, 2.75) is 40.2 Å². The van der Waals surface area contributed by atoms with Crippen LogP contribution in [0.2, 0.25) is 0 Å².